The number of aromatic nitrogens is 1. The number of phosphoric acid groups is 1. The number of benzene rings is 1. The number of Topliss-reactive ketones (excluding diaryl/α,β-unsaturated/α-hetero) is 1. The first kappa shape index (κ1) is 15.3. The number of hydrogen-bond acceptors (Lipinski definition) is 4. The maximum atomic E-state index is 11.3. The van der Waals surface area contributed by atoms with Crippen LogP contribution in [0.25, 0.3) is 10.9 Å². The molecule has 8 heteroatoms. The molecule has 2 rings (SSSR count). The molecule has 0 aliphatic rings. The highest BCUT2D eigenvalue weighted by Crippen LogP contribution is 2.26. The molecule has 0 radical (unpaired) electrons. The summed E-state index contributed by atoms with van der Waals surface area (Å²) in [6, 6.07) is 6.63. The molecule has 0 unspecified atom stereocenters. The summed E-state index contributed by atoms with van der Waals surface area (Å²) >= 11 is 0. The lowest BCUT2D eigenvalue weighted by Crippen LogP contribution is -1.94. The Hall–Kier alpha value is -1.79. The molecule has 0 spiro atoms. The molecule has 19 heavy (non-hydrogen) atoms. The predicted octanol–water partition coefficient (Wildman–Crippen LogP) is 1.21. The molecule has 0 atom stereocenters. The van der Waals surface area contributed by atoms with E-state index >= 15 is 0 Å². The lowest BCUT2D eigenvalue weighted by molar-refractivity contribution is 0.101. The highest BCUT2D eigenvalue weighted by Gasteiger charge is 2.08. The fourth-order valence-electron chi connectivity index (χ4n) is 1.46. The first-order valence-electron chi connectivity index (χ1n) is 5.06. The fourth-order valence-corrected chi connectivity index (χ4v) is 1.46. The third-order valence-corrected chi connectivity index (χ3v) is 2.13. The van der Waals surface area contributed by atoms with Gasteiger partial charge in [-0.1, -0.05) is 6.07 Å². The molecule has 0 fully saturated rings. The molecular formula is C11H12NO6P. The minimum absolute atomic E-state index is 0.0250. The number of phenols is 1. The molecule has 0 amide bonds. The van der Waals surface area contributed by atoms with Gasteiger partial charge in [-0.05, 0) is 25.1 Å². The van der Waals surface area contributed by atoms with Gasteiger partial charge in [-0.3, -0.25) is 9.78 Å². The van der Waals surface area contributed by atoms with Crippen LogP contribution in [0.3, 0.4) is 0 Å². The van der Waals surface area contributed by atoms with Crippen LogP contribution < -0.4 is 0 Å². The Morgan fingerprint density at radius 2 is 1.79 bits per heavy atom. The van der Waals surface area contributed by atoms with Crippen LogP contribution in [0.1, 0.15) is 17.3 Å². The molecular weight excluding hydrogens is 273 g/mol. The maximum Gasteiger partial charge on any atom is 0.466 e. The van der Waals surface area contributed by atoms with Gasteiger partial charge in [-0.25, -0.2) is 4.57 Å². The molecule has 1 aromatic heterocycles. The number of carbonyl (C=O) groups excluding carboxylic acids is 1. The molecule has 0 bridgehead atoms. The first-order valence-corrected chi connectivity index (χ1v) is 6.62. The van der Waals surface area contributed by atoms with Crippen LogP contribution in [0.2, 0.25) is 0 Å². The Morgan fingerprint density at radius 1 is 1.21 bits per heavy atom. The molecule has 0 aliphatic carbocycles. The topological polar surface area (TPSA) is 128 Å². The van der Waals surface area contributed by atoms with E-state index in [4.69, 9.17) is 19.2 Å². The molecule has 1 aromatic carbocycles. The van der Waals surface area contributed by atoms with Crippen molar-refractivity contribution in [3.8, 4) is 5.75 Å². The molecule has 4 N–H and O–H groups in total. The zero-order valence-electron chi connectivity index (χ0n) is 9.89. The number of nitrogens with zero attached hydrogens (tertiary/aromatic N) is 1. The van der Waals surface area contributed by atoms with E-state index in [-0.39, 0.29) is 11.5 Å². The van der Waals surface area contributed by atoms with Gasteiger partial charge < -0.3 is 19.8 Å². The summed E-state index contributed by atoms with van der Waals surface area (Å²) in [6.45, 7) is 1.50. The summed E-state index contributed by atoms with van der Waals surface area (Å²) < 4.78 is 8.88. The second-order valence-corrected chi connectivity index (χ2v) is 4.63. The smallest absolute Gasteiger partial charge is 0.466 e. The summed E-state index contributed by atoms with van der Waals surface area (Å²) in [6.07, 6.45) is 1.59. The van der Waals surface area contributed by atoms with E-state index in [9.17, 15) is 9.90 Å². The van der Waals surface area contributed by atoms with Gasteiger partial charge in [-0.2, -0.15) is 0 Å². The van der Waals surface area contributed by atoms with Gasteiger partial charge >= 0.3 is 7.82 Å². The van der Waals surface area contributed by atoms with E-state index in [1.165, 1.54) is 13.0 Å². The lowest BCUT2D eigenvalue weighted by Gasteiger charge is -2.03. The Kier molecular flexibility index (Phi) is 4.74. The predicted molar refractivity (Wildman–Crippen MR) is 67.7 cm³/mol. The van der Waals surface area contributed by atoms with Gasteiger partial charge in [-0.15, -0.1) is 0 Å². The number of carbonyl (C=O) groups is 1. The monoisotopic (exact) mass is 285 g/mol. The SMILES string of the molecule is CC(=O)c1ccc(O)c2ncccc12.O=P(O)(O)O. The van der Waals surface area contributed by atoms with Crippen molar-refractivity contribution in [3.63, 3.8) is 0 Å². The Morgan fingerprint density at radius 3 is 2.32 bits per heavy atom. The standard InChI is InChI=1S/C11H9NO2.H3O4P/c1-7(13)8-4-5-10(14)11-9(8)3-2-6-12-11;1-5(2,3)4/h2-6,14H,1H3;(H3,1,2,3,4). The van der Waals surface area contributed by atoms with Crippen molar-refractivity contribution in [2.75, 3.05) is 0 Å². The van der Waals surface area contributed by atoms with Crippen molar-refractivity contribution in [1.82, 2.24) is 4.98 Å². The Labute approximate surface area is 108 Å². The number of fused-ring (bicyclic) bond motifs is 1. The third kappa shape index (κ3) is 4.76. The number of aromatic hydroxyl groups is 1. The van der Waals surface area contributed by atoms with Crippen LogP contribution in [-0.2, 0) is 4.57 Å². The van der Waals surface area contributed by atoms with Crippen LogP contribution in [0, 0.1) is 0 Å². The highest BCUT2D eigenvalue weighted by molar-refractivity contribution is 7.45. The molecule has 0 saturated heterocycles. The van der Waals surface area contributed by atoms with E-state index in [0.29, 0.717) is 16.5 Å². The fraction of sp³-hybridized carbons (Fsp3) is 0.0909. The van der Waals surface area contributed by atoms with Gasteiger partial charge in [0.15, 0.2) is 5.78 Å². The van der Waals surface area contributed by atoms with E-state index in [1.54, 1.807) is 24.4 Å². The molecule has 0 saturated carbocycles. The number of hydrogen-bond donors (Lipinski definition) is 4. The summed E-state index contributed by atoms with van der Waals surface area (Å²) in [5.41, 5.74) is 1.06. The molecule has 102 valence electrons. The number of rotatable bonds is 1. The van der Waals surface area contributed by atoms with Crippen molar-refractivity contribution in [2.24, 2.45) is 0 Å². The van der Waals surface area contributed by atoms with E-state index in [1.807, 2.05) is 0 Å². The van der Waals surface area contributed by atoms with Crippen molar-refractivity contribution < 1.29 is 29.1 Å². The zero-order valence-corrected chi connectivity index (χ0v) is 10.8. The van der Waals surface area contributed by atoms with Crippen molar-refractivity contribution >= 4 is 24.5 Å². The second-order valence-electron chi connectivity index (χ2n) is 3.60. The van der Waals surface area contributed by atoms with Crippen LogP contribution in [0.5, 0.6) is 5.75 Å². The van der Waals surface area contributed by atoms with Crippen LogP contribution in [0.15, 0.2) is 30.5 Å². The normalized spacial score (nSPS) is 10.7. The van der Waals surface area contributed by atoms with Crippen LogP contribution in [-0.4, -0.2) is 30.6 Å². The number of ketones is 1. The summed E-state index contributed by atoms with van der Waals surface area (Å²) in [5, 5.41) is 10.2. The first-order chi connectivity index (χ1) is 8.70. The summed E-state index contributed by atoms with van der Waals surface area (Å²) in [4.78, 5) is 36.8. The number of phenolic OH excluding ortho intramolecular Hbond substituents is 1. The molecule has 7 nitrogen and oxygen atoms in total. The van der Waals surface area contributed by atoms with E-state index < -0.39 is 7.82 Å². The maximum absolute atomic E-state index is 11.3. The van der Waals surface area contributed by atoms with Crippen LogP contribution in [0.4, 0.5) is 0 Å². The lowest BCUT2D eigenvalue weighted by atomic mass is 10.1. The van der Waals surface area contributed by atoms with Crippen molar-refractivity contribution in [3.05, 3.63) is 36.0 Å². The second kappa shape index (κ2) is 5.90. The largest absolute Gasteiger partial charge is 0.506 e. The molecule has 1 heterocycles. The highest BCUT2D eigenvalue weighted by atomic mass is 31.2. The zero-order chi connectivity index (χ0) is 14.6. The van der Waals surface area contributed by atoms with Crippen molar-refractivity contribution in [1.29, 1.82) is 0 Å². The van der Waals surface area contributed by atoms with Gasteiger partial charge in [0.25, 0.3) is 0 Å². The molecule has 0 aliphatic heterocycles. The quantitative estimate of drug-likeness (QED) is 0.458. The van der Waals surface area contributed by atoms with Gasteiger partial charge in [0, 0.05) is 17.1 Å². The molecule has 2 aromatic rings. The number of pyridine rings is 1. The van der Waals surface area contributed by atoms with Crippen LogP contribution >= 0.6 is 7.82 Å². The van der Waals surface area contributed by atoms with E-state index in [0.717, 1.165) is 0 Å². The van der Waals surface area contributed by atoms with Gasteiger partial charge in [0.1, 0.15) is 11.3 Å². The minimum Gasteiger partial charge on any atom is -0.506 e. The average Bonchev–Trinajstić information content (AvgIpc) is 2.27. The third-order valence-electron chi connectivity index (χ3n) is 2.13. The van der Waals surface area contributed by atoms with E-state index in [2.05, 4.69) is 4.98 Å². The van der Waals surface area contributed by atoms with Crippen molar-refractivity contribution in [2.45, 2.75) is 6.92 Å². The van der Waals surface area contributed by atoms with Gasteiger partial charge in [0.05, 0.1) is 0 Å². The average molecular weight is 285 g/mol. The summed E-state index contributed by atoms with van der Waals surface area (Å²) in [5.74, 6) is 0.0774. The van der Waals surface area contributed by atoms with Gasteiger partial charge in [0.2, 0.25) is 0 Å². The Bertz CT molecular complexity index is 642. The Balaban J connectivity index is 0.000000312. The minimum atomic E-state index is -4.64. The summed E-state index contributed by atoms with van der Waals surface area (Å²) in [7, 11) is -4.64.